The second-order valence-electron chi connectivity index (χ2n) is 5.07. The van der Waals surface area contributed by atoms with Crippen molar-refractivity contribution in [3.63, 3.8) is 0 Å². The molecule has 2 saturated heterocycles. The van der Waals surface area contributed by atoms with Crippen LogP contribution in [0, 0.1) is 6.92 Å². The van der Waals surface area contributed by atoms with E-state index in [0.717, 1.165) is 57.2 Å². The predicted octanol–water partition coefficient (Wildman–Crippen LogP) is 1.95. The normalized spacial score (nSPS) is 26.5. The summed E-state index contributed by atoms with van der Waals surface area (Å²) in [7, 11) is 0. The Balaban J connectivity index is 1.79. The summed E-state index contributed by atoms with van der Waals surface area (Å²) in [5, 5.41) is 3.36. The average Bonchev–Trinajstić information content (AvgIpc) is 2.99. The highest BCUT2D eigenvalue weighted by Gasteiger charge is 2.27. The van der Waals surface area contributed by atoms with Gasteiger partial charge in [0.05, 0.1) is 5.69 Å². The van der Waals surface area contributed by atoms with Gasteiger partial charge in [-0.2, -0.15) is 0 Å². The molecule has 1 N–H and O–H groups in total. The van der Waals surface area contributed by atoms with Crippen molar-refractivity contribution in [2.75, 3.05) is 26.3 Å². The van der Waals surface area contributed by atoms with E-state index in [1.807, 2.05) is 6.92 Å². The van der Waals surface area contributed by atoms with E-state index >= 15 is 0 Å². The number of nitrogens with zero attached hydrogens (tertiary/aromatic N) is 1. The third kappa shape index (κ3) is 2.24. The fourth-order valence-corrected chi connectivity index (χ4v) is 2.82. The lowest BCUT2D eigenvalue weighted by Crippen LogP contribution is -2.15. The zero-order valence-electron chi connectivity index (χ0n) is 10.4. The molecule has 17 heavy (non-hydrogen) atoms. The number of oxazole rings is 1. The zero-order chi connectivity index (χ0) is 11.7. The molecule has 0 aliphatic carbocycles. The molecule has 0 spiro atoms. The van der Waals surface area contributed by atoms with Gasteiger partial charge in [0.2, 0.25) is 0 Å². The second kappa shape index (κ2) is 4.78. The Morgan fingerprint density at radius 2 is 2.00 bits per heavy atom. The third-order valence-corrected chi connectivity index (χ3v) is 3.87. The third-order valence-electron chi connectivity index (χ3n) is 3.87. The van der Waals surface area contributed by atoms with Gasteiger partial charge in [-0.3, -0.25) is 0 Å². The van der Waals surface area contributed by atoms with Crippen LogP contribution >= 0.6 is 0 Å². The summed E-state index contributed by atoms with van der Waals surface area (Å²) in [5.74, 6) is 2.96. The van der Waals surface area contributed by atoms with Crippen molar-refractivity contribution in [2.24, 2.45) is 0 Å². The van der Waals surface area contributed by atoms with Crippen LogP contribution in [0.3, 0.4) is 0 Å². The van der Waals surface area contributed by atoms with Crippen molar-refractivity contribution in [3.05, 3.63) is 17.3 Å². The minimum atomic E-state index is 0.474. The number of aromatic nitrogens is 1. The Kier molecular flexibility index (Phi) is 3.16. The van der Waals surface area contributed by atoms with E-state index in [4.69, 9.17) is 14.1 Å². The molecule has 2 aliphatic rings. The lowest BCUT2D eigenvalue weighted by molar-refractivity contribution is 0.0843. The predicted molar refractivity (Wildman–Crippen MR) is 64.3 cm³/mol. The first-order valence-corrected chi connectivity index (χ1v) is 6.60. The first-order chi connectivity index (χ1) is 8.34. The highest BCUT2D eigenvalue weighted by atomic mass is 16.5. The van der Waals surface area contributed by atoms with E-state index in [9.17, 15) is 0 Å². The highest BCUT2D eigenvalue weighted by Crippen LogP contribution is 2.31. The molecule has 1 unspecified atom stereocenters. The molecule has 0 radical (unpaired) electrons. The Morgan fingerprint density at radius 3 is 2.71 bits per heavy atom. The maximum Gasteiger partial charge on any atom is 0.199 e. The molecule has 4 heteroatoms. The van der Waals surface area contributed by atoms with Gasteiger partial charge in [-0.25, -0.2) is 4.98 Å². The van der Waals surface area contributed by atoms with Crippen molar-refractivity contribution in [1.29, 1.82) is 0 Å². The Bertz CT molecular complexity index is 377. The summed E-state index contributed by atoms with van der Waals surface area (Å²) >= 11 is 0. The molecule has 94 valence electrons. The quantitative estimate of drug-likeness (QED) is 0.852. The summed E-state index contributed by atoms with van der Waals surface area (Å²) in [4.78, 5) is 4.75. The van der Waals surface area contributed by atoms with Crippen molar-refractivity contribution >= 4 is 0 Å². The molecule has 2 fully saturated rings. The van der Waals surface area contributed by atoms with Gasteiger partial charge >= 0.3 is 0 Å². The smallest absolute Gasteiger partial charge is 0.199 e. The van der Waals surface area contributed by atoms with Crippen molar-refractivity contribution in [1.82, 2.24) is 10.3 Å². The number of hydrogen-bond donors (Lipinski definition) is 1. The molecule has 3 heterocycles. The minimum Gasteiger partial charge on any atom is -0.445 e. The number of ether oxygens (including phenoxy) is 1. The Hall–Kier alpha value is -0.870. The van der Waals surface area contributed by atoms with Gasteiger partial charge in [-0.15, -0.1) is 0 Å². The summed E-state index contributed by atoms with van der Waals surface area (Å²) in [6.45, 7) is 5.85. The van der Waals surface area contributed by atoms with E-state index in [0.29, 0.717) is 11.8 Å². The monoisotopic (exact) mass is 236 g/mol. The maximum atomic E-state index is 5.86. The van der Waals surface area contributed by atoms with Crippen LogP contribution in [0.15, 0.2) is 4.42 Å². The van der Waals surface area contributed by atoms with Crippen molar-refractivity contribution in [2.45, 2.75) is 38.0 Å². The molecular weight excluding hydrogens is 216 g/mol. The van der Waals surface area contributed by atoms with Crippen LogP contribution in [0.1, 0.15) is 48.4 Å². The SMILES string of the molecule is Cc1oc(C2CCNC2)nc1C1CCOCC1. The van der Waals surface area contributed by atoms with Crippen LogP contribution in [-0.2, 0) is 4.74 Å². The van der Waals surface area contributed by atoms with E-state index in [-0.39, 0.29) is 0 Å². The highest BCUT2D eigenvalue weighted by molar-refractivity contribution is 5.16. The van der Waals surface area contributed by atoms with Crippen LogP contribution in [0.25, 0.3) is 0 Å². The van der Waals surface area contributed by atoms with Gasteiger partial charge in [0.15, 0.2) is 5.89 Å². The van der Waals surface area contributed by atoms with E-state index in [2.05, 4.69) is 5.32 Å². The maximum absolute atomic E-state index is 5.86. The van der Waals surface area contributed by atoms with Gasteiger partial charge in [0.1, 0.15) is 5.76 Å². The molecule has 1 aromatic heterocycles. The summed E-state index contributed by atoms with van der Waals surface area (Å²) in [5.41, 5.74) is 1.18. The molecule has 4 nitrogen and oxygen atoms in total. The first-order valence-electron chi connectivity index (χ1n) is 6.60. The van der Waals surface area contributed by atoms with Crippen molar-refractivity contribution in [3.8, 4) is 0 Å². The van der Waals surface area contributed by atoms with Gasteiger partial charge in [0.25, 0.3) is 0 Å². The van der Waals surface area contributed by atoms with E-state index in [1.54, 1.807) is 0 Å². The molecule has 0 aromatic carbocycles. The molecule has 1 atom stereocenters. The second-order valence-corrected chi connectivity index (χ2v) is 5.07. The van der Waals surface area contributed by atoms with E-state index in [1.165, 1.54) is 5.69 Å². The standard InChI is InChI=1S/C13H20N2O2/c1-9-12(10-3-6-16-7-4-10)15-13(17-9)11-2-5-14-8-11/h10-11,14H,2-8H2,1H3. The zero-order valence-corrected chi connectivity index (χ0v) is 10.4. The number of rotatable bonds is 2. The van der Waals surface area contributed by atoms with Gasteiger partial charge < -0.3 is 14.5 Å². The average molecular weight is 236 g/mol. The number of nitrogens with one attached hydrogen (secondary N) is 1. The molecule has 3 rings (SSSR count). The Labute approximate surface area is 102 Å². The first kappa shape index (κ1) is 11.2. The van der Waals surface area contributed by atoms with Crippen LogP contribution in [-0.4, -0.2) is 31.3 Å². The van der Waals surface area contributed by atoms with Crippen LogP contribution in [0.5, 0.6) is 0 Å². The lowest BCUT2D eigenvalue weighted by Gasteiger charge is -2.20. The molecule has 2 aliphatic heterocycles. The van der Waals surface area contributed by atoms with Crippen LogP contribution < -0.4 is 5.32 Å². The number of aryl methyl sites for hydroxylation is 1. The molecular formula is C13H20N2O2. The topological polar surface area (TPSA) is 47.3 Å². The van der Waals surface area contributed by atoms with Crippen molar-refractivity contribution < 1.29 is 9.15 Å². The Morgan fingerprint density at radius 1 is 1.18 bits per heavy atom. The summed E-state index contributed by atoms with van der Waals surface area (Å²) in [6.07, 6.45) is 3.30. The number of hydrogen-bond acceptors (Lipinski definition) is 4. The minimum absolute atomic E-state index is 0.474. The largest absolute Gasteiger partial charge is 0.445 e. The molecule has 0 bridgehead atoms. The van der Waals surface area contributed by atoms with E-state index < -0.39 is 0 Å². The summed E-state index contributed by atoms with van der Waals surface area (Å²) in [6, 6.07) is 0. The van der Waals surface area contributed by atoms with Crippen LogP contribution in [0.4, 0.5) is 0 Å². The molecule has 1 aromatic rings. The molecule has 0 saturated carbocycles. The fraction of sp³-hybridized carbons (Fsp3) is 0.769. The lowest BCUT2D eigenvalue weighted by atomic mass is 9.96. The van der Waals surface area contributed by atoms with Gasteiger partial charge in [-0.05, 0) is 32.7 Å². The molecule has 0 amide bonds. The van der Waals surface area contributed by atoms with Gasteiger partial charge in [0, 0.05) is 31.6 Å². The summed E-state index contributed by atoms with van der Waals surface area (Å²) < 4.78 is 11.3. The van der Waals surface area contributed by atoms with Gasteiger partial charge in [-0.1, -0.05) is 0 Å². The fourth-order valence-electron chi connectivity index (χ4n) is 2.82. The van der Waals surface area contributed by atoms with Crippen LogP contribution in [0.2, 0.25) is 0 Å².